The topological polar surface area (TPSA) is 105 Å². The first-order valence-corrected chi connectivity index (χ1v) is 8.83. The van der Waals surface area contributed by atoms with Crippen LogP contribution in [0.1, 0.15) is 54.2 Å². The lowest BCUT2D eigenvalue weighted by atomic mass is 10.0. The molecule has 4 rings (SSSR count). The van der Waals surface area contributed by atoms with Crippen molar-refractivity contribution in [1.82, 2.24) is 15.5 Å². The molecule has 4 N–H and O–H groups in total. The molecule has 7 nitrogen and oxygen atoms in total. The fraction of sp³-hybridized carbons (Fsp3) is 0.500. The van der Waals surface area contributed by atoms with Crippen molar-refractivity contribution in [3.05, 3.63) is 35.4 Å². The van der Waals surface area contributed by atoms with Gasteiger partial charge in [0.2, 0.25) is 11.8 Å². The number of rotatable bonds is 3. The SMILES string of the molecule is N[C@H]1CCC[C@@H]1NC1c2ccccc2C(=O)N1C1CCC(=O)NC1=O. The van der Waals surface area contributed by atoms with Crippen LogP contribution in [0.25, 0.3) is 0 Å². The molecule has 2 aliphatic heterocycles. The Morgan fingerprint density at radius 2 is 1.92 bits per heavy atom. The molecule has 1 aliphatic carbocycles. The number of amides is 3. The molecule has 132 valence electrons. The van der Waals surface area contributed by atoms with Gasteiger partial charge in [0.1, 0.15) is 12.2 Å². The number of nitrogens with zero attached hydrogens (tertiary/aromatic N) is 1. The quantitative estimate of drug-likeness (QED) is 0.691. The van der Waals surface area contributed by atoms with Crippen molar-refractivity contribution in [2.75, 3.05) is 0 Å². The Morgan fingerprint density at radius 3 is 2.64 bits per heavy atom. The molecule has 4 atom stereocenters. The lowest BCUT2D eigenvalue weighted by Crippen LogP contribution is -2.57. The first kappa shape index (κ1) is 16.2. The van der Waals surface area contributed by atoms with Gasteiger partial charge in [-0.25, -0.2) is 0 Å². The second-order valence-electron chi connectivity index (χ2n) is 7.04. The predicted molar refractivity (Wildman–Crippen MR) is 90.3 cm³/mol. The van der Waals surface area contributed by atoms with Crippen molar-refractivity contribution in [3.63, 3.8) is 0 Å². The zero-order valence-corrected chi connectivity index (χ0v) is 13.9. The average molecular weight is 342 g/mol. The molecule has 1 aromatic rings. The van der Waals surface area contributed by atoms with Crippen LogP contribution in [0.3, 0.4) is 0 Å². The number of fused-ring (bicyclic) bond motifs is 1. The minimum atomic E-state index is -0.646. The number of hydrogen-bond acceptors (Lipinski definition) is 5. The van der Waals surface area contributed by atoms with Crippen molar-refractivity contribution in [1.29, 1.82) is 0 Å². The van der Waals surface area contributed by atoms with Crippen LogP contribution >= 0.6 is 0 Å². The summed E-state index contributed by atoms with van der Waals surface area (Å²) in [6.45, 7) is 0. The van der Waals surface area contributed by atoms with Gasteiger partial charge < -0.3 is 10.6 Å². The van der Waals surface area contributed by atoms with E-state index in [4.69, 9.17) is 5.73 Å². The summed E-state index contributed by atoms with van der Waals surface area (Å²) >= 11 is 0. The van der Waals surface area contributed by atoms with Gasteiger partial charge in [-0.05, 0) is 25.3 Å². The number of nitrogens with one attached hydrogen (secondary N) is 2. The summed E-state index contributed by atoms with van der Waals surface area (Å²) in [4.78, 5) is 38.4. The highest BCUT2D eigenvalue weighted by atomic mass is 16.2. The Morgan fingerprint density at radius 1 is 1.12 bits per heavy atom. The van der Waals surface area contributed by atoms with Crippen LogP contribution in [0, 0.1) is 0 Å². The molecule has 0 aromatic heterocycles. The lowest BCUT2D eigenvalue weighted by molar-refractivity contribution is -0.137. The minimum absolute atomic E-state index is 0.0477. The van der Waals surface area contributed by atoms with E-state index in [1.807, 2.05) is 18.2 Å². The van der Waals surface area contributed by atoms with Crippen LogP contribution in [0.4, 0.5) is 0 Å². The van der Waals surface area contributed by atoms with E-state index in [9.17, 15) is 14.4 Å². The molecule has 2 fully saturated rings. The third-order valence-electron chi connectivity index (χ3n) is 5.49. The number of imide groups is 1. The standard InChI is InChI=1S/C18H22N4O3/c19-12-6-3-7-13(12)20-16-10-4-1-2-5-11(10)18(25)22(16)14-8-9-15(23)21-17(14)24/h1-2,4-5,12-14,16,20H,3,6-9,19H2,(H,21,23,24)/t12-,13-,14?,16?/m0/s1. The zero-order valence-electron chi connectivity index (χ0n) is 13.9. The normalized spacial score (nSPS) is 32.0. The van der Waals surface area contributed by atoms with E-state index in [1.165, 1.54) is 0 Å². The second kappa shape index (κ2) is 6.24. The summed E-state index contributed by atoms with van der Waals surface area (Å²) in [5.74, 6) is -0.859. The molecule has 2 unspecified atom stereocenters. The number of piperidine rings is 1. The van der Waals surface area contributed by atoms with Crippen LogP contribution in [0.5, 0.6) is 0 Å². The van der Waals surface area contributed by atoms with Crippen molar-refractivity contribution >= 4 is 17.7 Å². The molecule has 0 radical (unpaired) electrons. The first-order valence-electron chi connectivity index (χ1n) is 8.83. The summed E-state index contributed by atoms with van der Waals surface area (Å²) in [5.41, 5.74) is 7.67. The monoisotopic (exact) mass is 342 g/mol. The van der Waals surface area contributed by atoms with E-state index in [2.05, 4.69) is 10.6 Å². The zero-order chi connectivity index (χ0) is 17.6. The van der Waals surface area contributed by atoms with Crippen molar-refractivity contribution < 1.29 is 14.4 Å². The van der Waals surface area contributed by atoms with Crippen LogP contribution in [0.2, 0.25) is 0 Å². The number of hydrogen-bond donors (Lipinski definition) is 3. The van der Waals surface area contributed by atoms with E-state index in [1.54, 1.807) is 11.0 Å². The minimum Gasteiger partial charge on any atom is -0.326 e. The summed E-state index contributed by atoms with van der Waals surface area (Å²) in [6, 6.07) is 6.93. The molecule has 3 aliphatic rings. The highest BCUT2D eigenvalue weighted by Crippen LogP contribution is 2.36. The van der Waals surface area contributed by atoms with Crippen LogP contribution in [0.15, 0.2) is 24.3 Å². The van der Waals surface area contributed by atoms with E-state index in [0.29, 0.717) is 12.0 Å². The molecule has 1 saturated carbocycles. The maximum Gasteiger partial charge on any atom is 0.256 e. The number of benzene rings is 1. The van der Waals surface area contributed by atoms with Crippen molar-refractivity contribution in [3.8, 4) is 0 Å². The Kier molecular flexibility index (Phi) is 4.05. The molecule has 0 bridgehead atoms. The van der Waals surface area contributed by atoms with Gasteiger partial charge in [0.25, 0.3) is 5.91 Å². The first-order chi connectivity index (χ1) is 12.1. The molecule has 3 amide bonds. The Balaban J connectivity index is 1.67. The van der Waals surface area contributed by atoms with Crippen molar-refractivity contribution in [2.24, 2.45) is 5.73 Å². The largest absolute Gasteiger partial charge is 0.326 e. The molecule has 0 spiro atoms. The summed E-state index contributed by atoms with van der Waals surface area (Å²) in [6.07, 6.45) is 3.17. The Hall–Kier alpha value is -2.25. The molecule has 7 heteroatoms. The van der Waals surface area contributed by atoms with Gasteiger partial charge in [-0.15, -0.1) is 0 Å². The van der Waals surface area contributed by atoms with Gasteiger partial charge in [0, 0.05) is 29.6 Å². The number of nitrogens with two attached hydrogens (primary N) is 1. The van der Waals surface area contributed by atoms with Crippen LogP contribution < -0.4 is 16.4 Å². The fourth-order valence-electron chi connectivity index (χ4n) is 4.17. The number of carbonyl (C=O) groups is 3. The van der Waals surface area contributed by atoms with E-state index in [0.717, 1.165) is 24.8 Å². The van der Waals surface area contributed by atoms with E-state index in [-0.39, 0.29) is 36.5 Å². The van der Waals surface area contributed by atoms with Crippen LogP contribution in [-0.2, 0) is 9.59 Å². The molecule has 25 heavy (non-hydrogen) atoms. The summed E-state index contributed by atoms with van der Waals surface area (Å²) in [7, 11) is 0. The smallest absolute Gasteiger partial charge is 0.256 e. The van der Waals surface area contributed by atoms with Gasteiger partial charge in [-0.3, -0.25) is 25.0 Å². The van der Waals surface area contributed by atoms with Gasteiger partial charge in [0.15, 0.2) is 0 Å². The van der Waals surface area contributed by atoms with Crippen LogP contribution in [-0.4, -0.2) is 40.7 Å². The van der Waals surface area contributed by atoms with E-state index >= 15 is 0 Å². The number of carbonyl (C=O) groups excluding carboxylic acids is 3. The molecule has 1 saturated heterocycles. The predicted octanol–water partition coefficient (Wildman–Crippen LogP) is 0.416. The Labute approximate surface area is 145 Å². The molecular formula is C18H22N4O3. The maximum atomic E-state index is 13.0. The van der Waals surface area contributed by atoms with Gasteiger partial charge in [-0.2, -0.15) is 0 Å². The van der Waals surface area contributed by atoms with E-state index < -0.39 is 11.9 Å². The Bertz CT molecular complexity index is 735. The highest BCUT2D eigenvalue weighted by molar-refractivity contribution is 6.05. The lowest BCUT2D eigenvalue weighted by Gasteiger charge is -2.36. The second-order valence-corrected chi connectivity index (χ2v) is 7.04. The molecular weight excluding hydrogens is 320 g/mol. The molecule has 2 heterocycles. The highest BCUT2D eigenvalue weighted by Gasteiger charge is 2.45. The van der Waals surface area contributed by atoms with Crippen molar-refractivity contribution in [2.45, 2.75) is 56.4 Å². The average Bonchev–Trinajstić information content (AvgIpc) is 3.11. The third-order valence-corrected chi connectivity index (χ3v) is 5.49. The fourth-order valence-corrected chi connectivity index (χ4v) is 4.17. The van der Waals surface area contributed by atoms with Gasteiger partial charge >= 0.3 is 0 Å². The van der Waals surface area contributed by atoms with Gasteiger partial charge in [-0.1, -0.05) is 24.6 Å². The van der Waals surface area contributed by atoms with Gasteiger partial charge in [0.05, 0.1) is 0 Å². The summed E-state index contributed by atoms with van der Waals surface area (Å²) in [5, 5.41) is 5.86. The third kappa shape index (κ3) is 2.73. The summed E-state index contributed by atoms with van der Waals surface area (Å²) < 4.78 is 0. The maximum absolute atomic E-state index is 13.0. The molecule has 1 aromatic carbocycles.